The van der Waals surface area contributed by atoms with E-state index in [1.807, 2.05) is 16.9 Å². The molecule has 1 unspecified atom stereocenters. The van der Waals surface area contributed by atoms with Crippen LogP contribution in [0.2, 0.25) is 0 Å². The van der Waals surface area contributed by atoms with Crippen LogP contribution in [0.3, 0.4) is 0 Å². The second kappa shape index (κ2) is 3.09. The van der Waals surface area contributed by atoms with E-state index in [4.69, 9.17) is 0 Å². The predicted octanol–water partition coefficient (Wildman–Crippen LogP) is 1.57. The number of ketones is 1. The van der Waals surface area contributed by atoms with Crippen LogP contribution in [0.4, 0.5) is 0 Å². The molecule has 1 aliphatic carbocycles. The molecule has 1 aromatic rings. The maximum Gasteiger partial charge on any atom is 0.135 e. The van der Waals surface area contributed by atoms with E-state index in [2.05, 4.69) is 5.10 Å². The molecule has 1 atom stereocenters. The van der Waals surface area contributed by atoms with E-state index in [9.17, 15) is 4.79 Å². The topological polar surface area (TPSA) is 34.9 Å². The van der Waals surface area contributed by atoms with Gasteiger partial charge in [0.25, 0.3) is 0 Å². The lowest BCUT2D eigenvalue weighted by molar-refractivity contribution is -0.121. The molecule has 0 bridgehead atoms. The van der Waals surface area contributed by atoms with Crippen LogP contribution >= 0.6 is 0 Å². The van der Waals surface area contributed by atoms with E-state index in [0.29, 0.717) is 18.2 Å². The minimum Gasteiger partial charge on any atom is -0.300 e. The highest BCUT2D eigenvalue weighted by atomic mass is 16.1. The van der Waals surface area contributed by atoms with Gasteiger partial charge in [0.2, 0.25) is 0 Å². The van der Waals surface area contributed by atoms with Crippen molar-refractivity contribution in [2.75, 3.05) is 0 Å². The molecular weight excluding hydrogens is 152 g/mol. The second-order valence-electron chi connectivity index (χ2n) is 3.27. The van der Waals surface area contributed by atoms with Crippen molar-refractivity contribution in [1.29, 1.82) is 0 Å². The summed E-state index contributed by atoms with van der Waals surface area (Å²) in [5, 5.41) is 4.14. The molecule has 0 radical (unpaired) electrons. The molecule has 0 amide bonds. The number of carbonyl (C=O) groups is 1. The van der Waals surface area contributed by atoms with E-state index in [1.165, 1.54) is 0 Å². The van der Waals surface area contributed by atoms with Crippen LogP contribution in [0.15, 0.2) is 18.5 Å². The first kappa shape index (κ1) is 7.53. The van der Waals surface area contributed by atoms with Gasteiger partial charge >= 0.3 is 0 Å². The Bertz CT molecular complexity index is 266. The Labute approximate surface area is 71.4 Å². The molecule has 1 heterocycles. The van der Waals surface area contributed by atoms with Crippen molar-refractivity contribution in [1.82, 2.24) is 9.78 Å². The minimum absolute atomic E-state index is 0.321. The van der Waals surface area contributed by atoms with Gasteiger partial charge in [0.15, 0.2) is 0 Å². The van der Waals surface area contributed by atoms with Gasteiger partial charge in [-0.05, 0) is 18.9 Å². The summed E-state index contributed by atoms with van der Waals surface area (Å²) in [4.78, 5) is 11.1. The summed E-state index contributed by atoms with van der Waals surface area (Å²) in [6.07, 6.45) is 7.23. The van der Waals surface area contributed by atoms with Crippen LogP contribution in [-0.4, -0.2) is 15.6 Å². The second-order valence-corrected chi connectivity index (χ2v) is 3.27. The van der Waals surface area contributed by atoms with Crippen molar-refractivity contribution < 1.29 is 4.79 Å². The smallest absolute Gasteiger partial charge is 0.135 e. The molecule has 0 aliphatic heterocycles. The van der Waals surface area contributed by atoms with Gasteiger partial charge in [-0.2, -0.15) is 5.10 Å². The van der Waals surface area contributed by atoms with Crippen LogP contribution in [0.5, 0.6) is 0 Å². The fourth-order valence-electron chi connectivity index (χ4n) is 1.72. The fourth-order valence-corrected chi connectivity index (χ4v) is 1.72. The standard InChI is InChI=1S/C9H12N2O/c12-9-4-1-3-8(7-9)11-6-2-5-10-11/h2,5-6,8H,1,3-4,7H2. The maximum atomic E-state index is 11.1. The average molecular weight is 164 g/mol. The lowest BCUT2D eigenvalue weighted by atomic mass is 9.94. The van der Waals surface area contributed by atoms with Crippen molar-refractivity contribution >= 4 is 5.78 Å². The molecule has 1 saturated carbocycles. The first-order valence-corrected chi connectivity index (χ1v) is 4.37. The number of carbonyl (C=O) groups excluding carboxylic acids is 1. The van der Waals surface area contributed by atoms with E-state index in [0.717, 1.165) is 19.3 Å². The molecule has 1 fully saturated rings. The zero-order valence-electron chi connectivity index (χ0n) is 6.94. The molecule has 3 heteroatoms. The fraction of sp³-hybridized carbons (Fsp3) is 0.556. The monoisotopic (exact) mass is 164 g/mol. The van der Waals surface area contributed by atoms with Gasteiger partial charge in [0.05, 0.1) is 6.04 Å². The van der Waals surface area contributed by atoms with Crippen molar-refractivity contribution in [3.8, 4) is 0 Å². The third kappa shape index (κ3) is 1.40. The Morgan fingerprint density at radius 2 is 2.50 bits per heavy atom. The van der Waals surface area contributed by atoms with E-state index >= 15 is 0 Å². The lowest BCUT2D eigenvalue weighted by Crippen LogP contribution is -2.19. The number of hydrogen-bond acceptors (Lipinski definition) is 2. The zero-order chi connectivity index (χ0) is 8.39. The quantitative estimate of drug-likeness (QED) is 0.631. The summed E-state index contributed by atoms with van der Waals surface area (Å²) < 4.78 is 1.90. The minimum atomic E-state index is 0.321. The summed E-state index contributed by atoms with van der Waals surface area (Å²) in [5.74, 6) is 0.377. The largest absolute Gasteiger partial charge is 0.300 e. The molecule has 3 nitrogen and oxygen atoms in total. The van der Waals surface area contributed by atoms with Crippen molar-refractivity contribution in [3.63, 3.8) is 0 Å². The molecule has 12 heavy (non-hydrogen) atoms. The van der Waals surface area contributed by atoms with Gasteiger partial charge in [0, 0.05) is 25.2 Å². The Kier molecular flexibility index (Phi) is 1.94. The molecule has 64 valence electrons. The summed E-state index contributed by atoms with van der Waals surface area (Å²) in [5.41, 5.74) is 0. The first-order chi connectivity index (χ1) is 5.86. The van der Waals surface area contributed by atoms with Crippen molar-refractivity contribution in [2.45, 2.75) is 31.7 Å². The third-order valence-corrected chi connectivity index (χ3v) is 2.36. The van der Waals surface area contributed by atoms with E-state index < -0.39 is 0 Å². The average Bonchev–Trinajstić information content (AvgIpc) is 2.56. The van der Waals surface area contributed by atoms with Crippen molar-refractivity contribution in [2.24, 2.45) is 0 Å². The molecular formula is C9H12N2O. The molecule has 0 aromatic carbocycles. The van der Waals surface area contributed by atoms with Gasteiger partial charge in [0.1, 0.15) is 5.78 Å². The van der Waals surface area contributed by atoms with Gasteiger partial charge in [-0.15, -0.1) is 0 Å². The van der Waals surface area contributed by atoms with Crippen LogP contribution in [0.1, 0.15) is 31.7 Å². The Morgan fingerprint density at radius 1 is 1.58 bits per heavy atom. The molecule has 0 N–H and O–H groups in total. The Morgan fingerprint density at radius 3 is 3.17 bits per heavy atom. The number of rotatable bonds is 1. The third-order valence-electron chi connectivity index (χ3n) is 2.36. The number of Topliss-reactive ketones (excluding diaryl/α,β-unsaturated/α-hetero) is 1. The van der Waals surface area contributed by atoms with Crippen LogP contribution in [0, 0.1) is 0 Å². The van der Waals surface area contributed by atoms with Gasteiger partial charge in [-0.1, -0.05) is 0 Å². The maximum absolute atomic E-state index is 11.1. The van der Waals surface area contributed by atoms with Crippen LogP contribution in [0.25, 0.3) is 0 Å². The normalized spacial score (nSPS) is 24.3. The molecule has 0 spiro atoms. The van der Waals surface area contributed by atoms with Crippen molar-refractivity contribution in [3.05, 3.63) is 18.5 Å². The summed E-state index contributed by atoms with van der Waals surface area (Å²) in [6, 6.07) is 2.22. The highest BCUT2D eigenvalue weighted by molar-refractivity contribution is 5.79. The predicted molar refractivity (Wildman–Crippen MR) is 44.7 cm³/mol. The van der Waals surface area contributed by atoms with Gasteiger partial charge in [-0.3, -0.25) is 9.48 Å². The van der Waals surface area contributed by atoms with Gasteiger partial charge in [-0.25, -0.2) is 0 Å². The molecule has 0 saturated heterocycles. The summed E-state index contributed by atoms with van der Waals surface area (Å²) >= 11 is 0. The van der Waals surface area contributed by atoms with Gasteiger partial charge < -0.3 is 0 Å². The van der Waals surface area contributed by atoms with E-state index in [-0.39, 0.29) is 0 Å². The number of nitrogens with zero attached hydrogens (tertiary/aromatic N) is 2. The van der Waals surface area contributed by atoms with Crippen LogP contribution in [-0.2, 0) is 4.79 Å². The molecule has 1 aromatic heterocycles. The molecule has 1 aliphatic rings. The number of hydrogen-bond donors (Lipinski definition) is 0. The SMILES string of the molecule is O=C1CCCC(n2cccn2)C1. The van der Waals surface area contributed by atoms with Crippen LogP contribution < -0.4 is 0 Å². The number of aromatic nitrogens is 2. The highest BCUT2D eigenvalue weighted by Gasteiger charge is 2.20. The molecule has 2 rings (SSSR count). The zero-order valence-corrected chi connectivity index (χ0v) is 6.94. The summed E-state index contributed by atoms with van der Waals surface area (Å²) in [6.45, 7) is 0. The summed E-state index contributed by atoms with van der Waals surface area (Å²) in [7, 11) is 0. The first-order valence-electron chi connectivity index (χ1n) is 4.37. The Hall–Kier alpha value is -1.12. The Balaban J connectivity index is 2.09. The van der Waals surface area contributed by atoms with E-state index in [1.54, 1.807) is 6.20 Å². The lowest BCUT2D eigenvalue weighted by Gasteiger charge is -2.20. The highest BCUT2D eigenvalue weighted by Crippen LogP contribution is 2.24.